The molecule has 5 heteroatoms. The molecular formula is C10H12N4S. The van der Waals surface area contributed by atoms with Gasteiger partial charge >= 0.3 is 0 Å². The minimum Gasteiger partial charge on any atom is -0.355 e. The zero-order chi connectivity index (χ0) is 10.7. The van der Waals surface area contributed by atoms with Crippen LogP contribution in [0.1, 0.15) is 18.4 Å². The molecule has 0 atom stereocenters. The lowest BCUT2D eigenvalue weighted by Crippen LogP contribution is -2.20. The lowest BCUT2D eigenvalue weighted by molar-refractivity contribution is 0.874. The van der Waals surface area contributed by atoms with Crippen LogP contribution in [0, 0.1) is 11.3 Å². The van der Waals surface area contributed by atoms with Crippen LogP contribution < -0.4 is 4.90 Å². The molecule has 0 N–H and O–H groups in total. The van der Waals surface area contributed by atoms with Gasteiger partial charge in [-0.2, -0.15) is 5.26 Å². The van der Waals surface area contributed by atoms with Crippen molar-refractivity contribution >= 4 is 17.6 Å². The Kier molecular flexibility index (Phi) is 3.07. The molecule has 0 amide bonds. The Morgan fingerprint density at radius 3 is 2.80 bits per heavy atom. The molecule has 0 spiro atoms. The summed E-state index contributed by atoms with van der Waals surface area (Å²) >= 11 is 1.50. The molecule has 2 rings (SSSR count). The molecule has 0 radical (unpaired) electrons. The summed E-state index contributed by atoms with van der Waals surface area (Å²) in [6, 6.07) is 2.15. The van der Waals surface area contributed by atoms with Crippen LogP contribution in [-0.4, -0.2) is 29.3 Å². The first-order valence-electron chi connectivity index (χ1n) is 4.91. The molecule has 15 heavy (non-hydrogen) atoms. The Balaban J connectivity index is 2.37. The molecule has 4 nitrogen and oxygen atoms in total. The van der Waals surface area contributed by atoms with E-state index in [0.29, 0.717) is 5.56 Å². The lowest BCUT2D eigenvalue weighted by atomic mass is 10.3. The number of hydrogen-bond donors (Lipinski definition) is 0. The van der Waals surface area contributed by atoms with Crippen molar-refractivity contribution in [3.63, 3.8) is 0 Å². The number of aromatic nitrogens is 2. The summed E-state index contributed by atoms with van der Waals surface area (Å²) in [5.41, 5.74) is 0.578. The zero-order valence-electron chi connectivity index (χ0n) is 8.60. The highest BCUT2D eigenvalue weighted by Crippen LogP contribution is 2.23. The fourth-order valence-electron chi connectivity index (χ4n) is 1.70. The van der Waals surface area contributed by atoms with Crippen molar-refractivity contribution in [1.29, 1.82) is 5.26 Å². The minimum absolute atomic E-state index is 0.578. The van der Waals surface area contributed by atoms with Gasteiger partial charge in [-0.3, -0.25) is 0 Å². The summed E-state index contributed by atoms with van der Waals surface area (Å²) in [7, 11) is 0. The van der Waals surface area contributed by atoms with Crippen molar-refractivity contribution in [3.8, 4) is 6.07 Å². The molecule has 0 unspecified atom stereocenters. The van der Waals surface area contributed by atoms with Gasteiger partial charge in [0.2, 0.25) is 0 Å². The first-order valence-corrected chi connectivity index (χ1v) is 6.13. The van der Waals surface area contributed by atoms with Crippen molar-refractivity contribution in [2.75, 3.05) is 24.2 Å². The van der Waals surface area contributed by atoms with Crippen LogP contribution in [0.5, 0.6) is 0 Å². The van der Waals surface area contributed by atoms with Crippen LogP contribution >= 0.6 is 11.8 Å². The van der Waals surface area contributed by atoms with Gasteiger partial charge < -0.3 is 4.90 Å². The Bertz CT molecular complexity index is 393. The predicted molar refractivity (Wildman–Crippen MR) is 60.0 cm³/mol. The quantitative estimate of drug-likeness (QED) is 0.560. The highest BCUT2D eigenvalue weighted by Gasteiger charge is 2.18. The van der Waals surface area contributed by atoms with Crippen LogP contribution in [0.3, 0.4) is 0 Å². The summed E-state index contributed by atoms with van der Waals surface area (Å²) in [5, 5.41) is 9.71. The van der Waals surface area contributed by atoms with Crippen molar-refractivity contribution in [3.05, 3.63) is 11.8 Å². The van der Waals surface area contributed by atoms with Gasteiger partial charge in [-0.25, -0.2) is 9.97 Å². The van der Waals surface area contributed by atoms with E-state index in [0.717, 1.165) is 24.1 Å². The molecule has 0 saturated carbocycles. The Morgan fingerprint density at radius 2 is 2.20 bits per heavy atom. The monoisotopic (exact) mass is 220 g/mol. The van der Waals surface area contributed by atoms with Crippen molar-refractivity contribution in [2.45, 2.75) is 18.0 Å². The van der Waals surface area contributed by atoms with Gasteiger partial charge in [0.05, 0.1) is 6.20 Å². The first-order chi connectivity index (χ1) is 7.35. The SMILES string of the molecule is CSc1ncc(C#N)c(N2CCCC2)n1. The van der Waals surface area contributed by atoms with E-state index in [1.165, 1.54) is 24.6 Å². The molecule has 1 aliphatic rings. The topological polar surface area (TPSA) is 52.8 Å². The summed E-state index contributed by atoms with van der Waals surface area (Å²) in [6.45, 7) is 2.00. The van der Waals surface area contributed by atoms with Crippen molar-refractivity contribution in [2.24, 2.45) is 0 Å². The molecule has 78 valence electrons. The van der Waals surface area contributed by atoms with Crippen LogP contribution in [0.15, 0.2) is 11.4 Å². The maximum atomic E-state index is 8.98. The highest BCUT2D eigenvalue weighted by molar-refractivity contribution is 7.98. The van der Waals surface area contributed by atoms with E-state index >= 15 is 0 Å². The van der Waals surface area contributed by atoms with Crippen molar-refractivity contribution < 1.29 is 0 Å². The average Bonchev–Trinajstić information content (AvgIpc) is 2.81. The first kappa shape index (κ1) is 10.2. The van der Waals surface area contributed by atoms with E-state index in [4.69, 9.17) is 5.26 Å². The lowest BCUT2D eigenvalue weighted by Gasteiger charge is -2.17. The van der Waals surface area contributed by atoms with Gasteiger partial charge in [0.15, 0.2) is 11.0 Å². The molecule has 1 aromatic rings. The number of thioether (sulfide) groups is 1. The third-order valence-corrected chi connectivity index (χ3v) is 3.02. The Hall–Kier alpha value is -1.28. The second-order valence-electron chi connectivity index (χ2n) is 3.40. The molecule has 2 heterocycles. The minimum atomic E-state index is 0.578. The summed E-state index contributed by atoms with van der Waals surface area (Å²) in [5.74, 6) is 0.800. The maximum absolute atomic E-state index is 8.98. The molecular weight excluding hydrogens is 208 g/mol. The van der Waals surface area contributed by atoms with E-state index < -0.39 is 0 Å². The normalized spacial score (nSPS) is 15.3. The standard InChI is InChI=1S/C10H12N4S/c1-15-10-12-7-8(6-11)9(13-10)14-4-2-3-5-14/h7H,2-5H2,1H3. The van der Waals surface area contributed by atoms with E-state index in [9.17, 15) is 0 Å². The molecule has 0 bridgehead atoms. The maximum Gasteiger partial charge on any atom is 0.189 e. The third kappa shape index (κ3) is 2.05. The number of nitrogens with zero attached hydrogens (tertiary/aromatic N) is 4. The van der Waals surface area contributed by atoms with Gasteiger partial charge in [-0.15, -0.1) is 0 Å². The van der Waals surface area contributed by atoms with E-state index in [1.54, 1.807) is 6.20 Å². The van der Waals surface area contributed by atoms with E-state index in [1.807, 2.05) is 6.26 Å². The van der Waals surface area contributed by atoms with Gasteiger partial charge in [0, 0.05) is 13.1 Å². The molecule has 0 aromatic carbocycles. The fourth-order valence-corrected chi connectivity index (χ4v) is 2.04. The van der Waals surface area contributed by atoms with Gasteiger partial charge in [0.25, 0.3) is 0 Å². The van der Waals surface area contributed by atoms with Gasteiger partial charge in [-0.05, 0) is 19.1 Å². The fraction of sp³-hybridized carbons (Fsp3) is 0.500. The smallest absolute Gasteiger partial charge is 0.189 e. The highest BCUT2D eigenvalue weighted by atomic mass is 32.2. The number of anilines is 1. The number of rotatable bonds is 2. The van der Waals surface area contributed by atoms with Gasteiger partial charge in [0.1, 0.15) is 11.6 Å². The summed E-state index contributed by atoms with van der Waals surface area (Å²) < 4.78 is 0. The summed E-state index contributed by atoms with van der Waals surface area (Å²) in [4.78, 5) is 10.7. The third-order valence-electron chi connectivity index (χ3n) is 2.46. The largest absolute Gasteiger partial charge is 0.355 e. The van der Waals surface area contributed by atoms with E-state index in [-0.39, 0.29) is 0 Å². The zero-order valence-corrected chi connectivity index (χ0v) is 9.42. The molecule has 0 aliphatic carbocycles. The van der Waals surface area contributed by atoms with Crippen LogP contribution in [-0.2, 0) is 0 Å². The molecule has 1 fully saturated rings. The number of hydrogen-bond acceptors (Lipinski definition) is 5. The molecule has 1 aliphatic heterocycles. The molecule has 1 saturated heterocycles. The van der Waals surface area contributed by atoms with Crippen molar-refractivity contribution in [1.82, 2.24) is 9.97 Å². The summed E-state index contributed by atoms with van der Waals surface area (Å²) in [6.07, 6.45) is 5.93. The Labute approximate surface area is 93.3 Å². The van der Waals surface area contributed by atoms with Crippen LogP contribution in [0.4, 0.5) is 5.82 Å². The molecule has 1 aromatic heterocycles. The number of nitriles is 1. The van der Waals surface area contributed by atoms with Gasteiger partial charge in [-0.1, -0.05) is 11.8 Å². The predicted octanol–water partition coefficient (Wildman–Crippen LogP) is 1.67. The van der Waals surface area contributed by atoms with E-state index in [2.05, 4.69) is 20.9 Å². The Morgan fingerprint density at radius 1 is 1.47 bits per heavy atom. The van der Waals surface area contributed by atoms with Crippen LogP contribution in [0.25, 0.3) is 0 Å². The average molecular weight is 220 g/mol. The second kappa shape index (κ2) is 4.49. The second-order valence-corrected chi connectivity index (χ2v) is 4.17. The van der Waals surface area contributed by atoms with Crippen LogP contribution in [0.2, 0.25) is 0 Å².